The van der Waals surface area contributed by atoms with Gasteiger partial charge in [-0.1, -0.05) is 6.07 Å². The van der Waals surface area contributed by atoms with Crippen molar-refractivity contribution in [3.05, 3.63) is 59.9 Å². The molecule has 1 fully saturated rings. The van der Waals surface area contributed by atoms with Crippen molar-refractivity contribution < 1.29 is 22.4 Å². The predicted molar refractivity (Wildman–Crippen MR) is 99.7 cm³/mol. The molecule has 0 unspecified atom stereocenters. The Morgan fingerprint density at radius 3 is 2.32 bits per heavy atom. The normalized spacial score (nSPS) is 15.5. The van der Waals surface area contributed by atoms with E-state index in [9.17, 15) is 22.4 Å². The zero-order valence-corrected chi connectivity index (χ0v) is 15.2. The highest BCUT2D eigenvalue weighted by Gasteiger charge is 2.30. The molecule has 0 aromatic heterocycles. The average Bonchev–Trinajstić information content (AvgIpc) is 2.67. The van der Waals surface area contributed by atoms with Gasteiger partial charge in [0.2, 0.25) is 5.91 Å². The first-order chi connectivity index (χ1) is 13.3. The Bertz CT molecular complexity index is 800. The average molecular weight is 395 g/mol. The molecule has 1 N–H and O–H groups in total. The van der Waals surface area contributed by atoms with Gasteiger partial charge in [-0.15, -0.1) is 0 Å². The minimum absolute atomic E-state index is 0.140. The van der Waals surface area contributed by atoms with Gasteiger partial charge >= 0.3 is 6.18 Å². The first kappa shape index (κ1) is 20.1. The molecule has 1 saturated heterocycles. The molecule has 150 valence electrons. The van der Waals surface area contributed by atoms with Crippen LogP contribution in [0.25, 0.3) is 0 Å². The molecular formula is C20H21F4N3O. The van der Waals surface area contributed by atoms with Crippen molar-refractivity contribution in [3.63, 3.8) is 0 Å². The lowest BCUT2D eigenvalue weighted by atomic mass is 10.2. The van der Waals surface area contributed by atoms with E-state index in [0.717, 1.165) is 44.0 Å². The number of hydrogen-bond donors (Lipinski definition) is 1. The standard InChI is InChI=1S/C20H21F4N3O/c21-16-4-6-18(7-5-16)27-12-10-26(11-13-27)9-8-19(28)25-17-3-1-2-15(14-17)20(22,23)24/h1-7,14H,8-13H2,(H,25,28). The maximum absolute atomic E-state index is 13.0. The number of nitrogens with one attached hydrogen (secondary N) is 1. The van der Waals surface area contributed by atoms with Crippen molar-refractivity contribution in [2.45, 2.75) is 12.6 Å². The zero-order valence-electron chi connectivity index (χ0n) is 15.2. The van der Waals surface area contributed by atoms with E-state index in [4.69, 9.17) is 0 Å². The molecule has 4 nitrogen and oxygen atoms in total. The van der Waals surface area contributed by atoms with Crippen molar-refractivity contribution in [2.75, 3.05) is 42.9 Å². The van der Waals surface area contributed by atoms with Gasteiger partial charge in [0.1, 0.15) is 5.82 Å². The lowest BCUT2D eigenvalue weighted by Crippen LogP contribution is -2.47. The van der Waals surface area contributed by atoms with E-state index in [-0.39, 0.29) is 23.8 Å². The SMILES string of the molecule is O=C(CCN1CCN(c2ccc(F)cc2)CC1)Nc1cccc(C(F)(F)F)c1. The summed E-state index contributed by atoms with van der Waals surface area (Å²) in [6.45, 7) is 3.58. The van der Waals surface area contributed by atoms with Gasteiger partial charge in [-0.05, 0) is 42.5 Å². The summed E-state index contributed by atoms with van der Waals surface area (Å²) < 4.78 is 51.2. The highest BCUT2D eigenvalue weighted by atomic mass is 19.4. The fourth-order valence-electron chi connectivity index (χ4n) is 3.14. The number of amides is 1. The Morgan fingerprint density at radius 1 is 1.00 bits per heavy atom. The van der Waals surface area contributed by atoms with E-state index in [1.54, 1.807) is 12.1 Å². The van der Waals surface area contributed by atoms with Crippen LogP contribution < -0.4 is 10.2 Å². The smallest absolute Gasteiger partial charge is 0.369 e. The minimum Gasteiger partial charge on any atom is -0.369 e. The summed E-state index contributed by atoms with van der Waals surface area (Å²) in [5.41, 5.74) is 0.312. The third-order valence-electron chi connectivity index (χ3n) is 4.69. The Labute approximate surface area is 160 Å². The fourth-order valence-corrected chi connectivity index (χ4v) is 3.14. The fraction of sp³-hybridized carbons (Fsp3) is 0.350. The number of alkyl halides is 3. The van der Waals surface area contributed by atoms with Crippen LogP contribution in [0.2, 0.25) is 0 Å². The van der Waals surface area contributed by atoms with E-state index >= 15 is 0 Å². The number of anilines is 2. The van der Waals surface area contributed by atoms with E-state index in [1.807, 2.05) is 0 Å². The van der Waals surface area contributed by atoms with Crippen LogP contribution in [-0.2, 0) is 11.0 Å². The topological polar surface area (TPSA) is 35.6 Å². The Hall–Kier alpha value is -2.61. The summed E-state index contributed by atoms with van der Waals surface area (Å²) in [6, 6.07) is 11.0. The number of carbonyl (C=O) groups excluding carboxylic acids is 1. The molecule has 28 heavy (non-hydrogen) atoms. The van der Waals surface area contributed by atoms with E-state index in [2.05, 4.69) is 15.1 Å². The second-order valence-electron chi connectivity index (χ2n) is 6.68. The predicted octanol–water partition coefficient (Wildman–Crippen LogP) is 4.00. The Kier molecular flexibility index (Phi) is 6.18. The van der Waals surface area contributed by atoms with Gasteiger partial charge in [0.15, 0.2) is 0 Å². The molecule has 8 heteroatoms. The lowest BCUT2D eigenvalue weighted by molar-refractivity contribution is -0.137. The maximum Gasteiger partial charge on any atom is 0.416 e. The molecule has 0 bridgehead atoms. The molecule has 1 amide bonds. The number of rotatable bonds is 5. The van der Waals surface area contributed by atoms with Crippen LogP contribution >= 0.6 is 0 Å². The van der Waals surface area contributed by atoms with Gasteiger partial charge in [-0.3, -0.25) is 9.69 Å². The summed E-state index contributed by atoms with van der Waals surface area (Å²) in [5, 5.41) is 2.52. The summed E-state index contributed by atoms with van der Waals surface area (Å²) in [5.74, 6) is -0.588. The molecule has 0 atom stereocenters. The summed E-state index contributed by atoms with van der Waals surface area (Å²) >= 11 is 0. The van der Waals surface area contributed by atoms with Gasteiger partial charge < -0.3 is 10.2 Å². The molecule has 2 aromatic carbocycles. The number of carbonyl (C=O) groups is 1. The van der Waals surface area contributed by atoms with Gasteiger partial charge in [0.05, 0.1) is 5.56 Å². The third-order valence-corrected chi connectivity index (χ3v) is 4.69. The number of hydrogen-bond acceptors (Lipinski definition) is 3. The molecule has 1 aliphatic heterocycles. The zero-order chi connectivity index (χ0) is 20.1. The monoisotopic (exact) mass is 395 g/mol. The summed E-state index contributed by atoms with van der Waals surface area (Å²) in [6.07, 6.45) is -4.24. The van der Waals surface area contributed by atoms with Gasteiger partial charge in [0, 0.05) is 50.5 Å². The molecule has 2 aromatic rings. The van der Waals surface area contributed by atoms with Crippen LogP contribution in [0.5, 0.6) is 0 Å². The van der Waals surface area contributed by atoms with Crippen LogP contribution in [0.4, 0.5) is 28.9 Å². The van der Waals surface area contributed by atoms with Crippen molar-refractivity contribution >= 4 is 17.3 Å². The first-order valence-corrected chi connectivity index (χ1v) is 9.01. The molecule has 3 rings (SSSR count). The number of benzene rings is 2. The summed E-state index contributed by atoms with van der Waals surface area (Å²) in [4.78, 5) is 16.4. The largest absolute Gasteiger partial charge is 0.416 e. The molecular weight excluding hydrogens is 374 g/mol. The maximum atomic E-state index is 13.0. The van der Waals surface area contributed by atoms with Crippen LogP contribution in [0.1, 0.15) is 12.0 Å². The second-order valence-corrected chi connectivity index (χ2v) is 6.68. The number of nitrogens with zero attached hydrogens (tertiary/aromatic N) is 2. The lowest BCUT2D eigenvalue weighted by Gasteiger charge is -2.36. The molecule has 0 spiro atoms. The third kappa shape index (κ3) is 5.45. The Morgan fingerprint density at radius 2 is 1.68 bits per heavy atom. The summed E-state index contributed by atoms with van der Waals surface area (Å²) in [7, 11) is 0. The van der Waals surface area contributed by atoms with Crippen molar-refractivity contribution in [1.29, 1.82) is 0 Å². The molecule has 1 aliphatic rings. The minimum atomic E-state index is -4.44. The molecule has 0 saturated carbocycles. The quantitative estimate of drug-likeness (QED) is 0.778. The highest BCUT2D eigenvalue weighted by Crippen LogP contribution is 2.30. The van der Waals surface area contributed by atoms with Crippen LogP contribution in [0.15, 0.2) is 48.5 Å². The van der Waals surface area contributed by atoms with E-state index in [0.29, 0.717) is 6.54 Å². The van der Waals surface area contributed by atoms with Crippen LogP contribution in [0, 0.1) is 5.82 Å². The first-order valence-electron chi connectivity index (χ1n) is 9.01. The van der Waals surface area contributed by atoms with Gasteiger partial charge in [-0.25, -0.2) is 4.39 Å². The molecule has 0 aliphatic carbocycles. The van der Waals surface area contributed by atoms with E-state index in [1.165, 1.54) is 24.3 Å². The molecule has 1 heterocycles. The highest BCUT2D eigenvalue weighted by molar-refractivity contribution is 5.90. The van der Waals surface area contributed by atoms with E-state index < -0.39 is 11.7 Å². The number of halogens is 4. The van der Waals surface area contributed by atoms with Crippen LogP contribution in [0.3, 0.4) is 0 Å². The van der Waals surface area contributed by atoms with Crippen molar-refractivity contribution in [1.82, 2.24) is 4.90 Å². The van der Waals surface area contributed by atoms with Gasteiger partial charge in [-0.2, -0.15) is 13.2 Å². The van der Waals surface area contributed by atoms with Crippen molar-refractivity contribution in [2.24, 2.45) is 0 Å². The Balaban J connectivity index is 1.44. The second kappa shape index (κ2) is 8.60. The van der Waals surface area contributed by atoms with Crippen molar-refractivity contribution in [3.8, 4) is 0 Å². The van der Waals surface area contributed by atoms with Crippen LogP contribution in [-0.4, -0.2) is 43.5 Å². The molecule has 0 radical (unpaired) electrons. The van der Waals surface area contributed by atoms with Gasteiger partial charge in [0.25, 0.3) is 0 Å². The number of piperazine rings is 1.